The van der Waals surface area contributed by atoms with E-state index in [-0.39, 0.29) is 42.0 Å². The Kier molecular flexibility index (Phi) is 6.38. The van der Waals surface area contributed by atoms with Crippen LogP contribution < -0.4 is 10.6 Å². The Hall–Kier alpha value is -2.36. The Labute approximate surface area is 161 Å². The molecule has 1 atom stereocenters. The number of nitrogens with zero attached hydrogens (tertiary/aromatic N) is 2. The van der Waals surface area contributed by atoms with Crippen LogP contribution in [0.5, 0.6) is 0 Å². The number of methoxy groups -OCH3 is 1. The van der Waals surface area contributed by atoms with Crippen molar-refractivity contribution in [2.75, 3.05) is 30.9 Å². The van der Waals surface area contributed by atoms with Gasteiger partial charge in [-0.1, -0.05) is 0 Å². The number of ether oxygens (including phenoxy) is 2. The molecule has 3 rings (SSSR count). The van der Waals surface area contributed by atoms with Gasteiger partial charge in [0, 0.05) is 24.7 Å². The Morgan fingerprint density at radius 2 is 2.18 bits per heavy atom. The Morgan fingerprint density at radius 1 is 1.43 bits per heavy atom. The SMILES string of the molecule is COC(=O)c1cnc(NCCOC(F)F)nc1N[C@@H]1CC12CCC(C=O)CC2. The molecule has 2 fully saturated rings. The molecular formula is C18H24F2N4O4. The third kappa shape index (κ3) is 4.73. The highest BCUT2D eigenvalue weighted by Gasteiger charge is 2.55. The highest BCUT2D eigenvalue weighted by Crippen LogP contribution is 2.58. The first-order chi connectivity index (χ1) is 13.5. The van der Waals surface area contributed by atoms with Gasteiger partial charge in [0.15, 0.2) is 0 Å². The maximum atomic E-state index is 12.0. The molecule has 0 saturated heterocycles. The van der Waals surface area contributed by atoms with Gasteiger partial charge >= 0.3 is 12.6 Å². The summed E-state index contributed by atoms with van der Waals surface area (Å²) >= 11 is 0. The van der Waals surface area contributed by atoms with Crippen LogP contribution in [-0.2, 0) is 14.3 Å². The number of nitrogens with one attached hydrogen (secondary N) is 2. The maximum absolute atomic E-state index is 12.0. The number of rotatable bonds is 9. The van der Waals surface area contributed by atoms with E-state index in [1.807, 2.05) is 0 Å². The van der Waals surface area contributed by atoms with Gasteiger partial charge in [-0.2, -0.15) is 13.8 Å². The highest BCUT2D eigenvalue weighted by molar-refractivity contribution is 5.94. The molecule has 154 valence electrons. The number of hydrogen-bond donors (Lipinski definition) is 2. The molecule has 0 aromatic carbocycles. The molecule has 2 aliphatic carbocycles. The third-order valence-electron chi connectivity index (χ3n) is 5.54. The predicted octanol–water partition coefficient (Wildman–Crippen LogP) is 2.47. The van der Waals surface area contributed by atoms with Gasteiger partial charge in [-0.05, 0) is 37.5 Å². The first-order valence-electron chi connectivity index (χ1n) is 9.28. The highest BCUT2D eigenvalue weighted by atomic mass is 19.3. The summed E-state index contributed by atoms with van der Waals surface area (Å²) in [5, 5.41) is 6.10. The predicted molar refractivity (Wildman–Crippen MR) is 96.3 cm³/mol. The van der Waals surface area contributed by atoms with Crippen molar-refractivity contribution >= 4 is 24.0 Å². The minimum Gasteiger partial charge on any atom is -0.465 e. The molecule has 1 heterocycles. The molecule has 0 amide bonds. The summed E-state index contributed by atoms with van der Waals surface area (Å²) in [6.07, 6.45) is 7.02. The lowest BCUT2D eigenvalue weighted by atomic mass is 9.80. The van der Waals surface area contributed by atoms with Crippen LogP contribution in [0.15, 0.2) is 6.20 Å². The van der Waals surface area contributed by atoms with E-state index in [1.54, 1.807) is 0 Å². The zero-order chi connectivity index (χ0) is 20.1. The van der Waals surface area contributed by atoms with Gasteiger partial charge in [-0.3, -0.25) is 0 Å². The minimum atomic E-state index is -2.83. The molecule has 10 heteroatoms. The normalized spacial score (nSPS) is 26.1. The van der Waals surface area contributed by atoms with Gasteiger partial charge in [0.05, 0.1) is 13.7 Å². The summed E-state index contributed by atoms with van der Waals surface area (Å²) in [6, 6.07) is 0.161. The number of carbonyl (C=O) groups is 2. The van der Waals surface area contributed by atoms with Crippen LogP contribution >= 0.6 is 0 Å². The lowest BCUT2D eigenvalue weighted by molar-refractivity contribution is -0.125. The fraction of sp³-hybridized carbons (Fsp3) is 0.667. The summed E-state index contributed by atoms with van der Waals surface area (Å²) in [6.45, 7) is -2.93. The summed E-state index contributed by atoms with van der Waals surface area (Å²) in [5.41, 5.74) is 0.344. The van der Waals surface area contributed by atoms with Crippen molar-refractivity contribution in [3.05, 3.63) is 11.8 Å². The van der Waals surface area contributed by atoms with Crippen molar-refractivity contribution in [1.82, 2.24) is 9.97 Å². The van der Waals surface area contributed by atoms with Crippen molar-refractivity contribution in [3.8, 4) is 0 Å². The van der Waals surface area contributed by atoms with Gasteiger partial charge in [0.25, 0.3) is 0 Å². The van der Waals surface area contributed by atoms with E-state index in [4.69, 9.17) is 4.74 Å². The van der Waals surface area contributed by atoms with Crippen LogP contribution in [0.1, 0.15) is 42.5 Å². The Balaban J connectivity index is 1.65. The zero-order valence-electron chi connectivity index (χ0n) is 15.6. The topological polar surface area (TPSA) is 102 Å². The maximum Gasteiger partial charge on any atom is 0.345 e. The molecular weight excluding hydrogens is 374 g/mol. The second-order valence-electron chi connectivity index (χ2n) is 7.24. The van der Waals surface area contributed by atoms with Gasteiger partial charge in [-0.25, -0.2) is 9.78 Å². The molecule has 1 spiro atoms. The average molecular weight is 398 g/mol. The summed E-state index contributed by atoms with van der Waals surface area (Å²) in [4.78, 5) is 31.3. The van der Waals surface area contributed by atoms with Crippen LogP contribution in [0, 0.1) is 11.3 Å². The van der Waals surface area contributed by atoms with Crippen LogP contribution in [0.25, 0.3) is 0 Å². The smallest absolute Gasteiger partial charge is 0.345 e. The largest absolute Gasteiger partial charge is 0.465 e. The van der Waals surface area contributed by atoms with E-state index in [0.29, 0.717) is 5.82 Å². The number of anilines is 2. The van der Waals surface area contributed by atoms with Crippen LogP contribution in [0.3, 0.4) is 0 Å². The van der Waals surface area contributed by atoms with E-state index in [1.165, 1.54) is 13.3 Å². The summed E-state index contributed by atoms with van der Waals surface area (Å²) in [7, 11) is 1.28. The van der Waals surface area contributed by atoms with Crippen LogP contribution in [0.2, 0.25) is 0 Å². The summed E-state index contributed by atoms with van der Waals surface area (Å²) < 4.78 is 33.0. The molecule has 2 N–H and O–H groups in total. The number of halogens is 2. The van der Waals surface area contributed by atoms with E-state index in [0.717, 1.165) is 38.4 Å². The van der Waals surface area contributed by atoms with E-state index >= 15 is 0 Å². The van der Waals surface area contributed by atoms with Crippen molar-refractivity contribution in [2.45, 2.75) is 44.8 Å². The molecule has 1 aromatic rings. The molecule has 2 aliphatic rings. The minimum absolute atomic E-state index is 0.0990. The van der Waals surface area contributed by atoms with Crippen molar-refractivity contribution in [1.29, 1.82) is 0 Å². The molecule has 2 saturated carbocycles. The van der Waals surface area contributed by atoms with Crippen molar-refractivity contribution in [2.24, 2.45) is 11.3 Å². The lowest BCUT2D eigenvalue weighted by Gasteiger charge is -2.26. The molecule has 0 unspecified atom stereocenters. The van der Waals surface area contributed by atoms with E-state index < -0.39 is 12.6 Å². The number of alkyl halides is 2. The standard InChI is InChI=1S/C18H24F2N4O4/c1-27-15(26)12-9-22-17(21-6-7-28-16(19)20)24-14(12)23-13-8-18(13)4-2-11(10-25)3-5-18/h9-11,13,16H,2-8H2,1H3,(H2,21,22,23,24)/t11?,13-,18?/m1/s1. The molecule has 28 heavy (non-hydrogen) atoms. The van der Waals surface area contributed by atoms with Gasteiger partial charge in [0.1, 0.15) is 17.7 Å². The molecule has 0 radical (unpaired) electrons. The fourth-order valence-corrected chi connectivity index (χ4v) is 3.77. The average Bonchev–Trinajstić information content (AvgIpc) is 3.36. The first-order valence-corrected chi connectivity index (χ1v) is 9.28. The van der Waals surface area contributed by atoms with Gasteiger partial charge < -0.3 is 24.9 Å². The monoisotopic (exact) mass is 398 g/mol. The second-order valence-corrected chi connectivity index (χ2v) is 7.24. The van der Waals surface area contributed by atoms with Crippen LogP contribution in [0.4, 0.5) is 20.5 Å². The number of esters is 1. The van der Waals surface area contributed by atoms with Gasteiger partial charge in [-0.15, -0.1) is 0 Å². The summed E-state index contributed by atoms with van der Waals surface area (Å²) in [5.74, 6) is 0.128. The van der Waals surface area contributed by atoms with Crippen molar-refractivity contribution in [3.63, 3.8) is 0 Å². The molecule has 0 aliphatic heterocycles. The quantitative estimate of drug-likeness (QED) is 0.372. The molecule has 8 nitrogen and oxygen atoms in total. The number of aldehydes is 1. The number of hydrogen-bond acceptors (Lipinski definition) is 8. The van der Waals surface area contributed by atoms with Gasteiger partial charge in [0.2, 0.25) is 5.95 Å². The number of aromatic nitrogens is 2. The first kappa shape index (κ1) is 20.4. The van der Waals surface area contributed by atoms with E-state index in [2.05, 4.69) is 25.3 Å². The Morgan fingerprint density at radius 3 is 2.82 bits per heavy atom. The third-order valence-corrected chi connectivity index (χ3v) is 5.54. The fourth-order valence-electron chi connectivity index (χ4n) is 3.77. The van der Waals surface area contributed by atoms with Crippen LogP contribution in [-0.4, -0.2) is 55.1 Å². The number of carbonyl (C=O) groups excluding carboxylic acids is 2. The molecule has 0 bridgehead atoms. The molecule has 1 aromatic heterocycles. The zero-order valence-corrected chi connectivity index (χ0v) is 15.6. The van der Waals surface area contributed by atoms with E-state index in [9.17, 15) is 18.4 Å². The lowest BCUT2D eigenvalue weighted by Crippen LogP contribution is -2.23. The van der Waals surface area contributed by atoms with Crippen molar-refractivity contribution < 1.29 is 27.8 Å². The second kappa shape index (κ2) is 8.76. The Bertz CT molecular complexity index is 711.